The summed E-state index contributed by atoms with van der Waals surface area (Å²) in [5.41, 5.74) is 0.0834. The van der Waals surface area contributed by atoms with Crippen molar-refractivity contribution in [3.05, 3.63) is 35.9 Å². The molecule has 90 valence electrons. The van der Waals surface area contributed by atoms with E-state index in [4.69, 9.17) is 9.47 Å². The van der Waals surface area contributed by atoms with E-state index >= 15 is 0 Å². The Hall–Kier alpha value is -1.84. The van der Waals surface area contributed by atoms with Crippen molar-refractivity contribution in [1.29, 1.82) is 0 Å². The molecule has 4 heteroatoms. The first-order valence-electron chi connectivity index (χ1n) is 5.47. The molecule has 1 aromatic carbocycles. The van der Waals surface area contributed by atoms with Crippen LogP contribution in [0, 0.1) is 0 Å². The van der Waals surface area contributed by atoms with Crippen molar-refractivity contribution < 1.29 is 19.1 Å². The lowest BCUT2D eigenvalue weighted by Crippen LogP contribution is -2.22. The lowest BCUT2D eigenvalue weighted by molar-refractivity contribution is -0.157. The number of rotatable bonds is 3. The lowest BCUT2D eigenvalue weighted by Gasteiger charge is -2.17. The summed E-state index contributed by atoms with van der Waals surface area (Å²) >= 11 is 0. The van der Waals surface area contributed by atoms with Gasteiger partial charge >= 0.3 is 11.9 Å². The van der Waals surface area contributed by atoms with Crippen LogP contribution in [0.25, 0.3) is 0 Å². The molecule has 0 saturated heterocycles. The average Bonchev–Trinajstić information content (AvgIpc) is 2.91. The minimum atomic E-state index is -0.779. The molecule has 0 amide bonds. The van der Waals surface area contributed by atoms with Gasteiger partial charge in [0.15, 0.2) is 11.7 Å². The average molecular weight is 234 g/mol. The van der Waals surface area contributed by atoms with E-state index in [0.717, 1.165) is 5.56 Å². The molecule has 0 heterocycles. The topological polar surface area (TPSA) is 52.6 Å². The number of ether oxygens (including phenoxy) is 2. The maximum atomic E-state index is 11.1. The summed E-state index contributed by atoms with van der Waals surface area (Å²) in [4.78, 5) is 22.1. The zero-order chi connectivity index (χ0) is 12.5. The van der Waals surface area contributed by atoms with Crippen molar-refractivity contribution in [1.82, 2.24) is 0 Å². The van der Waals surface area contributed by atoms with E-state index in [-0.39, 0.29) is 18.0 Å². The Bertz CT molecular complexity index is 440. The summed E-state index contributed by atoms with van der Waals surface area (Å²) in [5.74, 6) is -0.733. The SMILES string of the molecule is CC(=O)O[C@H]1C[C@]1(OC(C)=O)c1ccccc1. The molecule has 1 aromatic rings. The van der Waals surface area contributed by atoms with Crippen LogP contribution in [0.5, 0.6) is 0 Å². The van der Waals surface area contributed by atoms with Crippen molar-refractivity contribution in [2.75, 3.05) is 0 Å². The quantitative estimate of drug-likeness (QED) is 0.748. The van der Waals surface area contributed by atoms with Crippen LogP contribution in [0.1, 0.15) is 25.8 Å². The van der Waals surface area contributed by atoms with E-state index in [9.17, 15) is 9.59 Å². The first-order chi connectivity index (χ1) is 8.04. The Balaban J connectivity index is 2.22. The van der Waals surface area contributed by atoms with Crippen LogP contribution in [-0.4, -0.2) is 18.0 Å². The summed E-state index contributed by atoms with van der Waals surface area (Å²) < 4.78 is 10.4. The number of esters is 2. The predicted molar refractivity (Wildman–Crippen MR) is 60.1 cm³/mol. The monoisotopic (exact) mass is 234 g/mol. The molecule has 0 aliphatic heterocycles. The van der Waals surface area contributed by atoms with E-state index < -0.39 is 5.60 Å². The van der Waals surface area contributed by atoms with Gasteiger partial charge in [0, 0.05) is 20.3 Å². The van der Waals surface area contributed by atoms with Crippen molar-refractivity contribution in [3.8, 4) is 0 Å². The highest BCUT2D eigenvalue weighted by molar-refractivity contribution is 5.69. The third-order valence-corrected chi connectivity index (χ3v) is 2.75. The van der Waals surface area contributed by atoms with Crippen LogP contribution in [0.2, 0.25) is 0 Å². The van der Waals surface area contributed by atoms with E-state index in [0.29, 0.717) is 6.42 Å². The summed E-state index contributed by atoms with van der Waals surface area (Å²) in [6.07, 6.45) is 0.155. The molecule has 17 heavy (non-hydrogen) atoms. The van der Waals surface area contributed by atoms with Gasteiger partial charge in [0.1, 0.15) is 0 Å². The minimum absolute atomic E-state index is 0.361. The largest absolute Gasteiger partial charge is 0.458 e. The van der Waals surface area contributed by atoms with Gasteiger partial charge in [0.25, 0.3) is 0 Å². The fourth-order valence-electron chi connectivity index (χ4n) is 2.00. The second kappa shape index (κ2) is 4.20. The van der Waals surface area contributed by atoms with Gasteiger partial charge in [-0.25, -0.2) is 0 Å². The standard InChI is InChI=1S/C13H14O4/c1-9(14)16-12-8-13(12,17-10(2)15)11-6-4-3-5-7-11/h3-7,12H,8H2,1-2H3/t12-,13-/m0/s1. The van der Waals surface area contributed by atoms with E-state index in [1.165, 1.54) is 13.8 Å². The molecular weight excluding hydrogens is 220 g/mol. The molecule has 0 radical (unpaired) electrons. The van der Waals surface area contributed by atoms with E-state index in [1.807, 2.05) is 30.3 Å². The van der Waals surface area contributed by atoms with Gasteiger partial charge < -0.3 is 9.47 Å². The molecule has 1 fully saturated rings. The summed E-state index contributed by atoms with van der Waals surface area (Å²) in [6, 6.07) is 9.35. The van der Waals surface area contributed by atoms with Crippen molar-refractivity contribution in [2.45, 2.75) is 32.0 Å². The van der Waals surface area contributed by atoms with Gasteiger partial charge in [-0.3, -0.25) is 9.59 Å². The van der Waals surface area contributed by atoms with Crippen LogP contribution in [0.3, 0.4) is 0 Å². The Kier molecular flexibility index (Phi) is 2.88. The molecular formula is C13H14O4. The maximum Gasteiger partial charge on any atom is 0.303 e. The van der Waals surface area contributed by atoms with Crippen molar-refractivity contribution in [2.24, 2.45) is 0 Å². The molecule has 2 rings (SSSR count). The number of carbonyl (C=O) groups is 2. The van der Waals surface area contributed by atoms with E-state index in [1.54, 1.807) is 0 Å². The molecule has 0 spiro atoms. The highest BCUT2D eigenvalue weighted by Gasteiger charge is 2.62. The fourth-order valence-corrected chi connectivity index (χ4v) is 2.00. The summed E-state index contributed by atoms with van der Waals surface area (Å²) in [7, 11) is 0. The molecule has 1 saturated carbocycles. The number of carbonyl (C=O) groups excluding carboxylic acids is 2. The smallest absolute Gasteiger partial charge is 0.303 e. The molecule has 1 aliphatic carbocycles. The Morgan fingerprint density at radius 3 is 2.35 bits per heavy atom. The Labute approximate surface area is 99.5 Å². The summed E-state index contributed by atoms with van der Waals surface area (Å²) in [5, 5.41) is 0. The van der Waals surface area contributed by atoms with Gasteiger partial charge in [0.2, 0.25) is 0 Å². The van der Waals surface area contributed by atoms with Crippen LogP contribution >= 0.6 is 0 Å². The Morgan fingerprint density at radius 2 is 1.82 bits per heavy atom. The number of benzene rings is 1. The highest BCUT2D eigenvalue weighted by Crippen LogP contribution is 2.51. The van der Waals surface area contributed by atoms with Gasteiger partial charge in [-0.2, -0.15) is 0 Å². The van der Waals surface area contributed by atoms with Gasteiger partial charge in [-0.05, 0) is 5.56 Å². The molecule has 0 N–H and O–H groups in total. The highest BCUT2D eigenvalue weighted by atomic mass is 16.6. The first kappa shape index (κ1) is 11.6. The molecule has 1 aliphatic rings. The fraction of sp³-hybridized carbons (Fsp3) is 0.385. The van der Waals surface area contributed by atoms with Crippen molar-refractivity contribution in [3.63, 3.8) is 0 Å². The van der Waals surface area contributed by atoms with Gasteiger partial charge in [0.05, 0.1) is 0 Å². The van der Waals surface area contributed by atoms with Crippen LogP contribution < -0.4 is 0 Å². The second-order valence-electron chi connectivity index (χ2n) is 4.15. The second-order valence-corrected chi connectivity index (χ2v) is 4.15. The molecule has 4 nitrogen and oxygen atoms in total. The Morgan fingerprint density at radius 1 is 1.18 bits per heavy atom. The van der Waals surface area contributed by atoms with Gasteiger partial charge in [-0.15, -0.1) is 0 Å². The van der Waals surface area contributed by atoms with E-state index in [2.05, 4.69) is 0 Å². The van der Waals surface area contributed by atoms with Crippen molar-refractivity contribution >= 4 is 11.9 Å². The third-order valence-electron chi connectivity index (χ3n) is 2.75. The zero-order valence-electron chi connectivity index (χ0n) is 9.80. The number of hydrogen-bond acceptors (Lipinski definition) is 4. The molecule has 0 aromatic heterocycles. The zero-order valence-corrected chi connectivity index (χ0v) is 9.80. The molecule has 2 atom stereocenters. The molecule has 0 unspecified atom stereocenters. The summed E-state index contributed by atoms with van der Waals surface area (Å²) in [6.45, 7) is 2.70. The predicted octanol–water partition coefficient (Wildman–Crippen LogP) is 1.78. The third kappa shape index (κ3) is 2.30. The van der Waals surface area contributed by atoms with Gasteiger partial charge in [-0.1, -0.05) is 30.3 Å². The van der Waals surface area contributed by atoms with Crippen LogP contribution in [-0.2, 0) is 24.7 Å². The van der Waals surface area contributed by atoms with Crippen LogP contribution in [0.4, 0.5) is 0 Å². The van der Waals surface area contributed by atoms with Crippen LogP contribution in [0.15, 0.2) is 30.3 Å². The minimum Gasteiger partial charge on any atom is -0.458 e. The lowest BCUT2D eigenvalue weighted by atomic mass is 10.1. The normalized spacial score (nSPS) is 26.1. The maximum absolute atomic E-state index is 11.1. The number of hydrogen-bond donors (Lipinski definition) is 0. The first-order valence-corrected chi connectivity index (χ1v) is 5.47. The molecule has 0 bridgehead atoms.